The first-order valence-corrected chi connectivity index (χ1v) is 9.40. The average molecular weight is 385 g/mol. The summed E-state index contributed by atoms with van der Waals surface area (Å²) in [5.41, 5.74) is 4.15. The van der Waals surface area contributed by atoms with Gasteiger partial charge in [0.15, 0.2) is 0 Å². The average Bonchev–Trinajstić information content (AvgIpc) is 2.74. The first-order valence-electron chi connectivity index (χ1n) is 9.40. The molecule has 0 aliphatic heterocycles. The molecule has 0 spiro atoms. The van der Waals surface area contributed by atoms with Crippen molar-refractivity contribution in [3.63, 3.8) is 0 Å². The minimum atomic E-state index is -1.05. The first kappa shape index (κ1) is 20.1. The van der Waals surface area contributed by atoms with Crippen molar-refractivity contribution in [2.24, 2.45) is 0 Å². The Morgan fingerprint density at radius 2 is 1.55 bits per heavy atom. The van der Waals surface area contributed by atoms with Gasteiger partial charge in [-0.1, -0.05) is 72.8 Å². The molecule has 1 unspecified atom stereocenters. The minimum absolute atomic E-state index is 0.397. The quantitative estimate of drug-likeness (QED) is 0.466. The number of nitrogens with one attached hydrogen (secondary N) is 1. The molecule has 1 atom stereocenters. The number of anilines is 1. The number of amides is 1. The van der Waals surface area contributed by atoms with Gasteiger partial charge in [0.2, 0.25) is 6.10 Å². The summed E-state index contributed by atoms with van der Waals surface area (Å²) in [5.74, 6) is -0.981. The molecule has 1 N–H and O–H groups in total. The topological polar surface area (TPSA) is 55.4 Å². The van der Waals surface area contributed by atoms with Crippen LogP contribution in [0.15, 0.2) is 84.9 Å². The van der Waals surface area contributed by atoms with Crippen LogP contribution >= 0.6 is 0 Å². The Hall–Kier alpha value is -3.66. The molecule has 1 amide bonds. The molecule has 0 saturated carbocycles. The molecule has 0 bridgehead atoms. The molecule has 0 fully saturated rings. The summed E-state index contributed by atoms with van der Waals surface area (Å²) < 4.78 is 5.52. The molecule has 4 heteroatoms. The van der Waals surface area contributed by atoms with Gasteiger partial charge in [0.25, 0.3) is 5.91 Å². The van der Waals surface area contributed by atoms with Gasteiger partial charge in [0.1, 0.15) is 0 Å². The van der Waals surface area contributed by atoms with Crippen molar-refractivity contribution < 1.29 is 14.3 Å². The zero-order valence-corrected chi connectivity index (χ0v) is 16.5. The molecule has 0 saturated heterocycles. The van der Waals surface area contributed by atoms with Crippen LogP contribution in [0.3, 0.4) is 0 Å². The molecule has 3 aromatic rings. The molecular formula is C25H23NO3. The van der Waals surface area contributed by atoms with Crippen LogP contribution in [0.5, 0.6) is 0 Å². The fourth-order valence-corrected chi connectivity index (χ4v) is 2.85. The van der Waals surface area contributed by atoms with Crippen molar-refractivity contribution in [2.75, 3.05) is 5.32 Å². The van der Waals surface area contributed by atoms with E-state index in [1.807, 2.05) is 68.4 Å². The highest BCUT2D eigenvalue weighted by Crippen LogP contribution is 2.23. The van der Waals surface area contributed by atoms with Gasteiger partial charge in [0, 0.05) is 17.3 Å². The van der Waals surface area contributed by atoms with E-state index < -0.39 is 18.0 Å². The molecular weight excluding hydrogens is 362 g/mol. The molecule has 0 aromatic heterocycles. The lowest BCUT2D eigenvalue weighted by atomic mass is 10.1. The number of hydrogen-bond donors (Lipinski definition) is 1. The number of hydrogen-bond acceptors (Lipinski definition) is 3. The van der Waals surface area contributed by atoms with E-state index in [-0.39, 0.29) is 0 Å². The molecule has 146 valence electrons. The largest absolute Gasteiger partial charge is 0.444 e. The standard InChI is InChI=1S/C25H23NO3/c1-18-13-14-19(2)22(17-18)26-25(28)24(21-11-7-4-8-12-21)29-23(27)16-15-20-9-5-3-6-10-20/h3-17,24H,1-2H3,(H,26,28). The molecule has 0 aliphatic rings. The summed E-state index contributed by atoms with van der Waals surface area (Å²) >= 11 is 0. The maximum atomic E-state index is 13.0. The summed E-state index contributed by atoms with van der Waals surface area (Å²) in [6.45, 7) is 3.87. The Morgan fingerprint density at radius 3 is 2.24 bits per heavy atom. The smallest absolute Gasteiger partial charge is 0.331 e. The van der Waals surface area contributed by atoms with Crippen LogP contribution in [0.2, 0.25) is 0 Å². The summed E-state index contributed by atoms with van der Waals surface area (Å²) in [6, 6.07) is 24.2. The molecule has 4 nitrogen and oxygen atoms in total. The van der Waals surface area contributed by atoms with E-state index in [0.29, 0.717) is 11.3 Å². The Morgan fingerprint density at radius 1 is 0.897 bits per heavy atom. The van der Waals surface area contributed by atoms with E-state index in [2.05, 4.69) is 5.32 Å². The van der Waals surface area contributed by atoms with Crippen LogP contribution in [-0.2, 0) is 14.3 Å². The number of aryl methyl sites for hydroxylation is 2. The van der Waals surface area contributed by atoms with Crippen molar-refractivity contribution in [2.45, 2.75) is 20.0 Å². The number of ether oxygens (including phenoxy) is 1. The molecule has 0 aliphatic carbocycles. The second kappa shape index (κ2) is 9.51. The number of carbonyl (C=O) groups is 2. The summed E-state index contributed by atoms with van der Waals surface area (Å²) in [7, 11) is 0. The highest BCUT2D eigenvalue weighted by atomic mass is 16.5. The zero-order valence-electron chi connectivity index (χ0n) is 16.5. The van der Waals surface area contributed by atoms with E-state index in [9.17, 15) is 9.59 Å². The molecule has 29 heavy (non-hydrogen) atoms. The van der Waals surface area contributed by atoms with Crippen molar-refractivity contribution in [1.29, 1.82) is 0 Å². The van der Waals surface area contributed by atoms with E-state index in [0.717, 1.165) is 16.7 Å². The predicted octanol–water partition coefficient (Wildman–Crippen LogP) is 5.24. The van der Waals surface area contributed by atoms with E-state index >= 15 is 0 Å². The van der Waals surface area contributed by atoms with Gasteiger partial charge in [0.05, 0.1) is 0 Å². The second-order valence-electron chi connectivity index (χ2n) is 6.78. The van der Waals surface area contributed by atoms with Gasteiger partial charge in [-0.05, 0) is 42.7 Å². The van der Waals surface area contributed by atoms with Gasteiger partial charge in [-0.2, -0.15) is 0 Å². The van der Waals surface area contributed by atoms with Crippen LogP contribution in [0.4, 0.5) is 5.69 Å². The Bertz CT molecular complexity index is 1010. The van der Waals surface area contributed by atoms with Gasteiger partial charge in [-0.15, -0.1) is 0 Å². The van der Waals surface area contributed by atoms with E-state index in [1.54, 1.807) is 30.3 Å². The van der Waals surface area contributed by atoms with Crippen molar-refractivity contribution in [1.82, 2.24) is 0 Å². The second-order valence-corrected chi connectivity index (χ2v) is 6.78. The Balaban J connectivity index is 1.79. The van der Waals surface area contributed by atoms with Crippen LogP contribution in [0.25, 0.3) is 6.08 Å². The monoisotopic (exact) mass is 385 g/mol. The third kappa shape index (κ3) is 5.66. The molecule has 3 aromatic carbocycles. The highest BCUT2D eigenvalue weighted by Gasteiger charge is 2.24. The minimum Gasteiger partial charge on any atom is -0.444 e. The van der Waals surface area contributed by atoms with Crippen molar-refractivity contribution in [3.8, 4) is 0 Å². The van der Waals surface area contributed by atoms with Gasteiger partial charge in [-0.3, -0.25) is 4.79 Å². The third-order valence-corrected chi connectivity index (χ3v) is 4.44. The van der Waals surface area contributed by atoms with Crippen LogP contribution in [-0.4, -0.2) is 11.9 Å². The maximum absolute atomic E-state index is 13.0. The van der Waals surface area contributed by atoms with Gasteiger partial charge >= 0.3 is 5.97 Å². The third-order valence-electron chi connectivity index (χ3n) is 4.44. The maximum Gasteiger partial charge on any atom is 0.331 e. The lowest BCUT2D eigenvalue weighted by Gasteiger charge is -2.18. The summed E-state index contributed by atoms with van der Waals surface area (Å²) in [5, 5.41) is 2.89. The molecule has 3 rings (SSSR count). The lowest BCUT2D eigenvalue weighted by Crippen LogP contribution is -2.25. The Labute approximate surface area is 170 Å². The van der Waals surface area contributed by atoms with Crippen molar-refractivity contribution >= 4 is 23.6 Å². The zero-order chi connectivity index (χ0) is 20.6. The Kier molecular flexibility index (Phi) is 6.59. The normalized spacial score (nSPS) is 11.8. The molecule has 0 heterocycles. The SMILES string of the molecule is Cc1ccc(C)c(NC(=O)C(OC(=O)C=Cc2ccccc2)c2ccccc2)c1. The first-order chi connectivity index (χ1) is 14.0. The fourth-order valence-electron chi connectivity index (χ4n) is 2.85. The van der Waals surface area contributed by atoms with Crippen LogP contribution < -0.4 is 5.32 Å². The number of esters is 1. The number of carbonyl (C=O) groups excluding carboxylic acids is 2. The number of rotatable bonds is 6. The highest BCUT2D eigenvalue weighted by molar-refractivity contribution is 5.98. The van der Waals surface area contributed by atoms with E-state index in [1.165, 1.54) is 6.08 Å². The van der Waals surface area contributed by atoms with Gasteiger partial charge < -0.3 is 10.1 Å². The molecule has 0 radical (unpaired) electrons. The van der Waals surface area contributed by atoms with Crippen LogP contribution in [0.1, 0.15) is 28.4 Å². The van der Waals surface area contributed by atoms with Crippen molar-refractivity contribution in [3.05, 3.63) is 107 Å². The fraction of sp³-hybridized carbons (Fsp3) is 0.120. The summed E-state index contributed by atoms with van der Waals surface area (Å²) in [6.07, 6.45) is 1.94. The van der Waals surface area contributed by atoms with Crippen LogP contribution in [0, 0.1) is 13.8 Å². The van der Waals surface area contributed by atoms with E-state index in [4.69, 9.17) is 4.74 Å². The predicted molar refractivity (Wildman–Crippen MR) is 115 cm³/mol. The van der Waals surface area contributed by atoms with Gasteiger partial charge in [-0.25, -0.2) is 4.79 Å². The lowest BCUT2D eigenvalue weighted by molar-refractivity contribution is -0.149. The number of benzene rings is 3. The summed E-state index contributed by atoms with van der Waals surface area (Å²) in [4.78, 5) is 25.4.